The van der Waals surface area contributed by atoms with E-state index in [1.54, 1.807) is 19.3 Å². The van der Waals surface area contributed by atoms with Crippen molar-refractivity contribution in [1.29, 1.82) is 0 Å². The topological polar surface area (TPSA) is 73.9 Å². The molecule has 1 heterocycles. The van der Waals surface area contributed by atoms with Crippen LogP contribution in [0.2, 0.25) is 0 Å². The van der Waals surface area contributed by atoms with Crippen molar-refractivity contribution in [2.45, 2.75) is 0 Å². The van der Waals surface area contributed by atoms with E-state index >= 15 is 0 Å². The Morgan fingerprint density at radius 2 is 1.65 bits per heavy atom. The highest BCUT2D eigenvalue weighted by Gasteiger charge is 2.25. The Morgan fingerprint density at radius 1 is 0.962 bits per heavy atom. The van der Waals surface area contributed by atoms with E-state index in [-0.39, 0.29) is 5.24 Å². The second-order valence-corrected chi connectivity index (χ2v) is 6.28. The van der Waals surface area contributed by atoms with Gasteiger partial charge in [0.15, 0.2) is 0 Å². The molecule has 1 aliphatic heterocycles. The first-order chi connectivity index (χ1) is 12.7. The molecule has 26 heavy (non-hydrogen) atoms. The minimum atomic E-state index is -0.391. The number of benzene rings is 2. The monoisotopic (exact) mass is 371 g/mol. The molecule has 0 radical (unpaired) electrons. The van der Waals surface area contributed by atoms with Crippen LogP contribution < -0.4 is 19.5 Å². The second-order valence-electron chi connectivity index (χ2n) is 5.26. The van der Waals surface area contributed by atoms with Crippen molar-refractivity contribution >= 4 is 29.0 Å². The first-order valence-corrected chi connectivity index (χ1v) is 8.71. The van der Waals surface area contributed by atoms with Gasteiger partial charge in [-0.1, -0.05) is 18.2 Å². The summed E-state index contributed by atoms with van der Waals surface area (Å²) in [6.07, 6.45) is 1.64. The van der Waals surface area contributed by atoms with Gasteiger partial charge < -0.3 is 14.2 Å². The van der Waals surface area contributed by atoms with Crippen LogP contribution in [0.15, 0.2) is 53.4 Å². The average molecular weight is 371 g/mol. The van der Waals surface area contributed by atoms with Gasteiger partial charge in [-0.15, -0.1) is 0 Å². The number of carbonyl (C=O) groups is 2. The van der Waals surface area contributed by atoms with Crippen LogP contribution in [0.4, 0.5) is 4.79 Å². The van der Waals surface area contributed by atoms with Crippen molar-refractivity contribution in [2.75, 3.05) is 20.3 Å². The molecule has 2 aromatic carbocycles. The molecule has 3 rings (SSSR count). The van der Waals surface area contributed by atoms with E-state index in [9.17, 15) is 9.59 Å². The van der Waals surface area contributed by atoms with Gasteiger partial charge in [0.05, 0.1) is 12.0 Å². The molecule has 0 unspecified atom stereocenters. The minimum Gasteiger partial charge on any atom is -0.497 e. The van der Waals surface area contributed by atoms with Crippen molar-refractivity contribution in [2.24, 2.45) is 0 Å². The molecule has 0 bridgehead atoms. The van der Waals surface area contributed by atoms with Gasteiger partial charge in [-0.25, -0.2) is 0 Å². The third-order valence-electron chi connectivity index (χ3n) is 3.52. The van der Waals surface area contributed by atoms with Crippen LogP contribution in [0, 0.1) is 0 Å². The fraction of sp³-hybridized carbons (Fsp3) is 0.158. The lowest BCUT2D eigenvalue weighted by molar-refractivity contribution is -0.115. The maximum absolute atomic E-state index is 11.7. The number of hydrogen-bond donors (Lipinski definition) is 1. The van der Waals surface area contributed by atoms with Crippen LogP contribution >= 0.6 is 11.8 Å². The highest BCUT2D eigenvalue weighted by atomic mass is 32.2. The molecule has 134 valence electrons. The molecule has 1 saturated heterocycles. The zero-order chi connectivity index (χ0) is 18.4. The maximum atomic E-state index is 11.7. The summed E-state index contributed by atoms with van der Waals surface area (Å²) in [5.74, 6) is 1.72. The number of nitrogens with one attached hydrogen (secondary N) is 1. The summed E-state index contributed by atoms with van der Waals surface area (Å²) in [5, 5.41) is 1.86. The fourth-order valence-corrected chi connectivity index (χ4v) is 2.95. The van der Waals surface area contributed by atoms with E-state index in [0.29, 0.717) is 23.9 Å². The Hall–Kier alpha value is -2.93. The smallest absolute Gasteiger partial charge is 0.290 e. The van der Waals surface area contributed by atoms with Gasteiger partial charge in [0.25, 0.3) is 11.1 Å². The first-order valence-electron chi connectivity index (χ1n) is 7.89. The van der Waals surface area contributed by atoms with Crippen molar-refractivity contribution in [3.63, 3.8) is 0 Å². The van der Waals surface area contributed by atoms with Crippen molar-refractivity contribution in [1.82, 2.24) is 5.32 Å². The molecule has 2 aromatic rings. The molecule has 1 fully saturated rings. The largest absolute Gasteiger partial charge is 0.497 e. The van der Waals surface area contributed by atoms with E-state index in [2.05, 4.69) is 5.32 Å². The molecule has 0 aliphatic carbocycles. The summed E-state index contributed by atoms with van der Waals surface area (Å²) in [7, 11) is 1.61. The number of methoxy groups -OCH3 is 1. The van der Waals surface area contributed by atoms with Crippen molar-refractivity contribution in [3.8, 4) is 17.2 Å². The average Bonchev–Trinajstić information content (AvgIpc) is 2.97. The standard InChI is InChI=1S/C19H17NO5S/c1-23-14-6-8-15(9-7-14)24-10-11-25-16-5-3-2-4-13(16)12-17-18(21)20-19(22)26-17/h2-9,12H,10-11H2,1H3,(H,20,21,22). The normalized spacial score (nSPS) is 15.0. The third kappa shape index (κ3) is 4.58. The van der Waals surface area contributed by atoms with Gasteiger partial charge in [0.1, 0.15) is 30.5 Å². The van der Waals surface area contributed by atoms with Gasteiger partial charge in [-0.05, 0) is 48.2 Å². The predicted molar refractivity (Wildman–Crippen MR) is 99.5 cm³/mol. The van der Waals surface area contributed by atoms with Gasteiger partial charge in [-0.2, -0.15) is 0 Å². The Bertz CT molecular complexity index is 832. The predicted octanol–water partition coefficient (Wildman–Crippen LogP) is 3.48. The van der Waals surface area contributed by atoms with Crippen LogP contribution in [0.25, 0.3) is 6.08 Å². The highest BCUT2D eigenvalue weighted by Crippen LogP contribution is 2.29. The lowest BCUT2D eigenvalue weighted by Crippen LogP contribution is -2.17. The molecule has 2 amide bonds. The van der Waals surface area contributed by atoms with Crippen LogP contribution in [0.1, 0.15) is 5.56 Å². The summed E-state index contributed by atoms with van der Waals surface area (Å²) in [6, 6.07) is 14.6. The summed E-state index contributed by atoms with van der Waals surface area (Å²) < 4.78 is 16.5. The van der Waals surface area contributed by atoms with Gasteiger partial charge >= 0.3 is 0 Å². The van der Waals surface area contributed by atoms with E-state index in [1.807, 2.05) is 42.5 Å². The van der Waals surface area contributed by atoms with Crippen LogP contribution in [-0.2, 0) is 4.79 Å². The summed E-state index contributed by atoms with van der Waals surface area (Å²) in [6.45, 7) is 0.704. The molecular formula is C19H17NO5S. The quantitative estimate of drug-likeness (QED) is 0.593. The number of amides is 2. The molecule has 0 spiro atoms. The number of para-hydroxylation sites is 1. The van der Waals surface area contributed by atoms with E-state index < -0.39 is 5.91 Å². The highest BCUT2D eigenvalue weighted by molar-refractivity contribution is 8.18. The second kappa shape index (κ2) is 8.44. The minimum absolute atomic E-state index is 0.338. The summed E-state index contributed by atoms with van der Waals surface area (Å²) in [4.78, 5) is 23.3. The Labute approximate surface area is 155 Å². The van der Waals surface area contributed by atoms with Crippen molar-refractivity contribution in [3.05, 3.63) is 59.0 Å². The SMILES string of the molecule is COc1ccc(OCCOc2ccccc2C=C2SC(=O)NC2=O)cc1. The fourth-order valence-electron chi connectivity index (χ4n) is 2.28. The number of thioether (sulfide) groups is 1. The third-order valence-corrected chi connectivity index (χ3v) is 4.33. The number of ether oxygens (including phenoxy) is 3. The van der Waals surface area contributed by atoms with E-state index in [1.165, 1.54) is 0 Å². The van der Waals surface area contributed by atoms with Gasteiger partial charge in [0.2, 0.25) is 0 Å². The zero-order valence-corrected chi connectivity index (χ0v) is 14.9. The summed E-state index contributed by atoms with van der Waals surface area (Å²) >= 11 is 0.877. The number of imide groups is 1. The van der Waals surface area contributed by atoms with Gasteiger partial charge in [0, 0.05) is 5.56 Å². The lowest BCUT2D eigenvalue weighted by atomic mass is 10.2. The summed E-state index contributed by atoms with van der Waals surface area (Å²) in [5.41, 5.74) is 0.726. The molecule has 1 N–H and O–H groups in total. The molecule has 0 atom stereocenters. The molecule has 6 nitrogen and oxygen atoms in total. The molecular weight excluding hydrogens is 354 g/mol. The van der Waals surface area contributed by atoms with E-state index in [0.717, 1.165) is 28.8 Å². The maximum Gasteiger partial charge on any atom is 0.290 e. The van der Waals surface area contributed by atoms with Gasteiger partial charge in [-0.3, -0.25) is 14.9 Å². The van der Waals surface area contributed by atoms with Crippen molar-refractivity contribution < 1.29 is 23.8 Å². The molecule has 0 saturated carbocycles. The lowest BCUT2D eigenvalue weighted by Gasteiger charge is -2.11. The van der Waals surface area contributed by atoms with Crippen LogP contribution in [0.3, 0.4) is 0 Å². The Kier molecular flexibility index (Phi) is 5.80. The Balaban J connectivity index is 1.57. The molecule has 0 aromatic heterocycles. The number of hydrogen-bond acceptors (Lipinski definition) is 6. The molecule has 1 aliphatic rings. The zero-order valence-electron chi connectivity index (χ0n) is 14.1. The van der Waals surface area contributed by atoms with Crippen LogP contribution in [0.5, 0.6) is 17.2 Å². The number of carbonyl (C=O) groups excluding carboxylic acids is 2. The van der Waals surface area contributed by atoms with E-state index in [4.69, 9.17) is 14.2 Å². The van der Waals surface area contributed by atoms with Crippen LogP contribution in [-0.4, -0.2) is 31.5 Å². The Morgan fingerprint density at radius 3 is 2.35 bits per heavy atom. The molecule has 7 heteroatoms. The first kappa shape index (κ1) is 17.9. The number of rotatable bonds is 7.